The molecule has 1 aliphatic rings. The van der Waals surface area contributed by atoms with Gasteiger partial charge in [-0.05, 0) is 59.6 Å². The Bertz CT molecular complexity index is 422. The summed E-state index contributed by atoms with van der Waals surface area (Å²) >= 11 is 3.48. The van der Waals surface area contributed by atoms with Crippen molar-refractivity contribution >= 4 is 15.9 Å². The van der Waals surface area contributed by atoms with Crippen LogP contribution in [0.1, 0.15) is 18.4 Å². The van der Waals surface area contributed by atoms with Crippen molar-refractivity contribution in [2.24, 2.45) is 0 Å². The Hall–Kier alpha value is -0.620. The highest BCUT2D eigenvalue weighted by atomic mass is 79.9. The van der Waals surface area contributed by atoms with Crippen LogP contribution in [0.2, 0.25) is 0 Å². The minimum absolute atomic E-state index is 0.296. The van der Waals surface area contributed by atoms with Crippen LogP contribution in [0.3, 0.4) is 0 Å². The molecule has 4 nitrogen and oxygen atoms in total. The average Bonchev–Trinajstić information content (AvgIpc) is 2.92. The van der Waals surface area contributed by atoms with Gasteiger partial charge in [-0.2, -0.15) is 0 Å². The number of nitrogens with one attached hydrogen (secondary N) is 1. The molecule has 0 saturated carbocycles. The Morgan fingerprint density at radius 1 is 1.40 bits per heavy atom. The highest BCUT2D eigenvalue weighted by molar-refractivity contribution is 9.10. The Balaban J connectivity index is 1.70. The summed E-state index contributed by atoms with van der Waals surface area (Å²) < 4.78 is 6.16. The second kappa shape index (κ2) is 7.98. The van der Waals surface area contributed by atoms with E-state index in [1.807, 2.05) is 18.2 Å². The van der Waals surface area contributed by atoms with Crippen LogP contribution in [0, 0.1) is 0 Å². The van der Waals surface area contributed by atoms with Crippen molar-refractivity contribution in [3.63, 3.8) is 0 Å². The summed E-state index contributed by atoms with van der Waals surface area (Å²) in [6, 6.07) is 6.02. The summed E-state index contributed by atoms with van der Waals surface area (Å²) in [4.78, 5) is 2.33. The lowest BCUT2D eigenvalue weighted by molar-refractivity contribution is 0.123. The van der Waals surface area contributed by atoms with E-state index in [1.165, 1.54) is 18.4 Å². The maximum atomic E-state index is 9.99. The molecule has 112 valence electrons. The number of hydrogen-bond acceptors (Lipinski definition) is 4. The standard InChI is InChI=1S/C15H23BrN2O2/c1-20-15-5-4-12(8-14(15)16)9-17-10-13(19)11-18-6-2-3-7-18/h4-5,8,13,17,19H,2-3,6-7,9-11H2,1H3. The molecule has 1 fully saturated rings. The molecule has 20 heavy (non-hydrogen) atoms. The van der Waals surface area contributed by atoms with Crippen molar-refractivity contribution in [2.45, 2.75) is 25.5 Å². The van der Waals surface area contributed by atoms with Crippen molar-refractivity contribution in [1.29, 1.82) is 0 Å². The van der Waals surface area contributed by atoms with E-state index < -0.39 is 0 Å². The molecule has 1 aromatic rings. The summed E-state index contributed by atoms with van der Waals surface area (Å²) in [7, 11) is 1.66. The molecule has 0 aliphatic carbocycles. The zero-order valence-corrected chi connectivity index (χ0v) is 13.5. The molecular weight excluding hydrogens is 320 g/mol. The first-order chi connectivity index (χ1) is 9.69. The van der Waals surface area contributed by atoms with Gasteiger partial charge in [-0.3, -0.25) is 0 Å². The van der Waals surface area contributed by atoms with Crippen LogP contribution in [0.25, 0.3) is 0 Å². The molecule has 0 amide bonds. The summed E-state index contributed by atoms with van der Waals surface area (Å²) in [6.45, 7) is 4.41. The van der Waals surface area contributed by atoms with Gasteiger partial charge < -0.3 is 20.1 Å². The van der Waals surface area contributed by atoms with Gasteiger partial charge in [-0.25, -0.2) is 0 Å². The van der Waals surface area contributed by atoms with Crippen LogP contribution in [0.4, 0.5) is 0 Å². The van der Waals surface area contributed by atoms with E-state index >= 15 is 0 Å². The Morgan fingerprint density at radius 3 is 2.80 bits per heavy atom. The molecular formula is C15H23BrN2O2. The quantitative estimate of drug-likeness (QED) is 0.795. The Labute approximate surface area is 129 Å². The van der Waals surface area contributed by atoms with Crippen molar-refractivity contribution in [1.82, 2.24) is 10.2 Å². The molecule has 2 N–H and O–H groups in total. The SMILES string of the molecule is COc1ccc(CNCC(O)CN2CCCC2)cc1Br. The lowest BCUT2D eigenvalue weighted by Gasteiger charge is -2.19. The smallest absolute Gasteiger partial charge is 0.133 e. The fourth-order valence-electron chi connectivity index (χ4n) is 2.53. The van der Waals surface area contributed by atoms with E-state index in [0.29, 0.717) is 6.54 Å². The molecule has 0 spiro atoms. The van der Waals surface area contributed by atoms with Crippen molar-refractivity contribution < 1.29 is 9.84 Å². The number of aliphatic hydroxyl groups excluding tert-OH is 1. The molecule has 5 heteroatoms. The van der Waals surface area contributed by atoms with Gasteiger partial charge in [0.15, 0.2) is 0 Å². The number of nitrogens with zero attached hydrogens (tertiary/aromatic N) is 1. The minimum atomic E-state index is -0.296. The molecule has 1 aliphatic heterocycles. The lowest BCUT2D eigenvalue weighted by Crippen LogP contribution is -2.36. The highest BCUT2D eigenvalue weighted by Crippen LogP contribution is 2.25. The van der Waals surface area contributed by atoms with Crippen molar-refractivity contribution in [3.05, 3.63) is 28.2 Å². The number of β-amino-alcohol motifs (C(OH)–C–C–N with tert-alkyl or cyclic N) is 1. The third kappa shape index (κ3) is 4.74. The topological polar surface area (TPSA) is 44.7 Å². The summed E-state index contributed by atoms with van der Waals surface area (Å²) in [6.07, 6.45) is 2.23. The number of halogens is 1. The van der Waals surface area contributed by atoms with E-state index in [2.05, 4.69) is 26.1 Å². The molecule has 1 saturated heterocycles. The first-order valence-corrected chi connectivity index (χ1v) is 7.92. The van der Waals surface area contributed by atoms with Gasteiger partial charge in [-0.15, -0.1) is 0 Å². The lowest BCUT2D eigenvalue weighted by atomic mass is 10.2. The van der Waals surface area contributed by atoms with Crippen molar-refractivity contribution in [3.8, 4) is 5.75 Å². The van der Waals surface area contributed by atoms with Crippen LogP contribution < -0.4 is 10.1 Å². The zero-order chi connectivity index (χ0) is 14.4. The zero-order valence-electron chi connectivity index (χ0n) is 11.9. The summed E-state index contributed by atoms with van der Waals surface area (Å²) in [5, 5.41) is 13.3. The predicted octanol–water partition coefficient (Wildman–Crippen LogP) is 2.00. The minimum Gasteiger partial charge on any atom is -0.496 e. The van der Waals surface area contributed by atoms with Gasteiger partial charge >= 0.3 is 0 Å². The average molecular weight is 343 g/mol. The highest BCUT2D eigenvalue weighted by Gasteiger charge is 2.15. The maximum Gasteiger partial charge on any atom is 0.133 e. The second-order valence-electron chi connectivity index (χ2n) is 5.26. The Morgan fingerprint density at radius 2 is 2.15 bits per heavy atom. The molecule has 1 atom stereocenters. The number of ether oxygens (including phenoxy) is 1. The number of hydrogen-bond donors (Lipinski definition) is 2. The van der Waals surface area contributed by atoms with Crippen LogP contribution >= 0.6 is 15.9 Å². The summed E-state index contributed by atoms with van der Waals surface area (Å²) in [5.41, 5.74) is 1.17. The van der Waals surface area contributed by atoms with E-state index in [4.69, 9.17) is 4.74 Å². The van der Waals surface area contributed by atoms with Crippen molar-refractivity contribution in [2.75, 3.05) is 33.3 Å². The van der Waals surface area contributed by atoms with E-state index in [1.54, 1.807) is 7.11 Å². The fourth-order valence-corrected chi connectivity index (χ4v) is 3.12. The molecule has 2 rings (SSSR count). The molecule has 0 bridgehead atoms. The number of benzene rings is 1. The third-order valence-corrected chi connectivity index (χ3v) is 4.21. The van der Waals surface area contributed by atoms with Gasteiger partial charge in [0, 0.05) is 19.6 Å². The third-order valence-electron chi connectivity index (χ3n) is 3.59. The first kappa shape index (κ1) is 15.8. The van der Waals surface area contributed by atoms with Gasteiger partial charge in [0.2, 0.25) is 0 Å². The molecule has 0 aromatic heterocycles. The molecule has 1 aromatic carbocycles. The van der Waals surface area contributed by atoms with E-state index in [-0.39, 0.29) is 6.10 Å². The first-order valence-electron chi connectivity index (χ1n) is 7.12. The monoisotopic (exact) mass is 342 g/mol. The van der Waals surface area contributed by atoms with Crippen LogP contribution in [0.15, 0.2) is 22.7 Å². The molecule has 0 radical (unpaired) electrons. The molecule has 1 unspecified atom stereocenters. The number of rotatable bonds is 7. The largest absolute Gasteiger partial charge is 0.496 e. The predicted molar refractivity (Wildman–Crippen MR) is 84.1 cm³/mol. The maximum absolute atomic E-state index is 9.99. The van der Waals surface area contributed by atoms with Gasteiger partial charge in [0.1, 0.15) is 5.75 Å². The summed E-state index contributed by atoms with van der Waals surface area (Å²) in [5.74, 6) is 0.836. The van der Waals surface area contributed by atoms with E-state index in [0.717, 1.165) is 36.4 Å². The normalized spacial score (nSPS) is 17.4. The van der Waals surface area contributed by atoms with Gasteiger partial charge in [0.25, 0.3) is 0 Å². The molecule has 1 heterocycles. The number of methoxy groups -OCH3 is 1. The van der Waals surface area contributed by atoms with Crippen LogP contribution in [-0.2, 0) is 6.54 Å². The van der Waals surface area contributed by atoms with Crippen LogP contribution in [0.5, 0.6) is 5.75 Å². The van der Waals surface area contributed by atoms with Gasteiger partial charge in [0.05, 0.1) is 17.7 Å². The second-order valence-corrected chi connectivity index (χ2v) is 6.12. The van der Waals surface area contributed by atoms with Gasteiger partial charge in [-0.1, -0.05) is 6.07 Å². The number of likely N-dealkylation sites (tertiary alicyclic amines) is 1. The van der Waals surface area contributed by atoms with E-state index in [9.17, 15) is 5.11 Å². The Kier molecular flexibility index (Phi) is 6.29. The fraction of sp³-hybridized carbons (Fsp3) is 0.600. The number of aliphatic hydroxyl groups is 1. The van der Waals surface area contributed by atoms with Crippen LogP contribution in [-0.4, -0.2) is 49.4 Å².